The van der Waals surface area contributed by atoms with Gasteiger partial charge in [0, 0.05) is 25.6 Å². The van der Waals surface area contributed by atoms with Gasteiger partial charge in [-0.1, -0.05) is 18.2 Å². The second-order valence-corrected chi connectivity index (χ2v) is 11.0. The number of aldehydes is 1. The largest absolute Gasteiger partial charge is 0.388 e. The molecule has 1 aromatic rings. The summed E-state index contributed by atoms with van der Waals surface area (Å²) in [6.07, 6.45) is 1.67. The van der Waals surface area contributed by atoms with Gasteiger partial charge in [0.1, 0.15) is 24.0 Å². The molecule has 0 bridgehead atoms. The van der Waals surface area contributed by atoms with Crippen LogP contribution in [0.5, 0.6) is 0 Å². The van der Waals surface area contributed by atoms with Crippen molar-refractivity contribution in [3.63, 3.8) is 0 Å². The summed E-state index contributed by atoms with van der Waals surface area (Å²) in [5.41, 5.74) is 11.7. The molecule has 0 radical (unpaired) electrons. The van der Waals surface area contributed by atoms with Gasteiger partial charge in [0.15, 0.2) is 6.67 Å². The molecule has 0 saturated carbocycles. The van der Waals surface area contributed by atoms with E-state index in [-0.39, 0.29) is 25.3 Å². The molecule has 1 heterocycles. The number of sulfonamides is 1. The SMILES string of the molecule is CC(N)=NCCC[C@@H](C=O)NC(=O)CN(C)C(=O)[C@H](CCC1=NCN=N1)NS(=O)(=O)Cc1cccc(C(=N)N)c1. The summed E-state index contributed by atoms with van der Waals surface area (Å²) in [7, 11) is -2.68. The summed E-state index contributed by atoms with van der Waals surface area (Å²) in [5.74, 6) is -1.09. The fourth-order valence-electron chi connectivity index (χ4n) is 3.75. The molecule has 7 N–H and O–H groups in total. The molecule has 0 aromatic heterocycles. The highest BCUT2D eigenvalue weighted by Crippen LogP contribution is 2.13. The zero-order chi connectivity index (χ0) is 29.7. The summed E-state index contributed by atoms with van der Waals surface area (Å²) in [4.78, 5) is 46.4. The third kappa shape index (κ3) is 11.4. The number of aliphatic imine (C=N–C) groups is 2. The Bertz CT molecular complexity index is 1270. The van der Waals surface area contributed by atoms with Gasteiger partial charge >= 0.3 is 0 Å². The Kier molecular flexibility index (Phi) is 12.5. The zero-order valence-electron chi connectivity index (χ0n) is 22.5. The van der Waals surface area contributed by atoms with Crippen LogP contribution < -0.4 is 21.5 Å². The summed E-state index contributed by atoms with van der Waals surface area (Å²) in [6, 6.07) is 4.22. The number of azo groups is 1. The average molecular weight is 577 g/mol. The van der Waals surface area contributed by atoms with E-state index in [4.69, 9.17) is 16.9 Å². The molecule has 40 heavy (non-hydrogen) atoms. The van der Waals surface area contributed by atoms with Crippen LogP contribution in [0.2, 0.25) is 0 Å². The first-order valence-electron chi connectivity index (χ1n) is 12.5. The molecule has 1 aliphatic rings. The first-order chi connectivity index (χ1) is 18.9. The lowest BCUT2D eigenvalue weighted by Crippen LogP contribution is -2.50. The standard InChI is InChI=1S/C24H36N10O5S/c1-16(25)28-10-4-7-19(13-35)31-22(36)12-34(2)24(37)20(8-9-21-29-15-30-32-21)33-40(38,39)14-17-5-3-6-18(11-17)23(26)27/h3,5-6,11,13,19-20,33H,4,7-10,12,14-15H2,1-2H3,(H2,25,28)(H3,26,27)(H,31,36)/t19-,20-/m0/s1. The van der Waals surface area contributed by atoms with Crippen molar-refractivity contribution in [2.45, 2.75) is 50.4 Å². The van der Waals surface area contributed by atoms with Crippen molar-refractivity contribution in [3.8, 4) is 0 Å². The van der Waals surface area contributed by atoms with Gasteiger partial charge in [0.25, 0.3) is 0 Å². The van der Waals surface area contributed by atoms with E-state index >= 15 is 0 Å². The Balaban J connectivity index is 2.07. The molecule has 1 aliphatic heterocycles. The van der Waals surface area contributed by atoms with Crippen molar-refractivity contribution in [3.05, 3.63) is 35.4 Å². The molecular weight excluding hydrogens is 540 g/mol. The molecular formula is C24H36N10O5S. The Morgan fingerprint density at radius 3 is 2.65 bits per heavy atom. The molecule has 0 aliphatic carbocycles. The van der Waals surface area contributed by atoms with Crippen LogP contribution in [-0.2, 0) is 30.2 Å². The molecule has 0 saturated heterocycles. The van der Waals surface area contributed by atoms with Crippen molar-refractivity contribution in [2.24, 2.45) is 31.7 Å². The topological polar surface area (TPSA) is 238 Å². The van der Waals surface area contributed by atoms with E-state index in [9.17, 15) is 22.8 Å². The van der Waals surface area contributed by atoms with Gasteiger partial charge in [-0.2, -0.15) is 5.11 Å². The van der Waals surface area contributed by atoms with E-state index in [0.29, 0.717) is 48.5 Å². The Hall–Kier alpha value is -4.05. The van der Waals surface area contributed by atoms with Gasteiger partial charge in [0.2, 0.25) is 21.8 Å². The molecule has 2 rings (SSSR count). The van der Waals surface area contributed by atoms with Crippen LogP contribution in [0.3, 0.4) is 0 Å². The van der Waals surface area contributed by atoms with E-state index in [1.54, 1.807) is 25.1 Å². The number of hydrogen-bond acceptors (Lipinski definition) is 10. The number of carbonyl (C=O) groups is 3. The number of amides is 2. The van der Waals surface area contributed by atoms with Crippen molar-refractivity contribution in [2.75, 3.05) is 26.8 Å². The number of rotatable bonds is 17. The first kappa shape index (κ1) is 32.2. The lowest BCUT2D eigenvalue weighted by molar-refractivity contribution is -0.136. The molecule has 218 valence electrons. The Morgan fingerprint density at radius 1 is 1.27 bits per heavy atom. The van der Waals surface area contributed by atoms with Crippen LogP contribution in [0, 0.1) is 5.41 Å². The molecule has 2 atom stereocenters. The van der Waals surface area contributed by atoms with Gasteiger partial charge in [-0.15, -0.1) is 5.11 Å². The van der Waals surface area contributed by atoms with Crippen molar-refractivity contribution in [1.82, 2.24) is 14.9 Å². The highest BCUT2D eigenvalue weighted by atomic mass is 32.2. The smallest absolute Gasteiger partial charge is 0.240 e. The van der Waals surface area contributed by atoms with Crippen LogP contribution in [0.1, 0.15) is 43.7 Å². The number of carbonyl (C=O) groups excluding carboxylic acids is 3. The van der Waals surface area contributed by atoms with Crippen molar-refractivity contribution in [1.29, 1.82) is 5.41 Å². The minimum Gasteiger partial charge on any atom is -0.388 e. The number of nitrogens with zero attached hydrogens (tertiary/aromatic N) is 5. The third-order valence-corrected chi connectivity index (χ3v) is 7.03. The summed E-state index contributed by atoms with van der Waals surface area (Å²) < 4.78 is 28.5. The van der Waals surface area contributed by atoms with Gasteiger partial charge < -0.3 is 26.5 Å². The first-order valence-corrected chi connectivity index (χ1v) is 14.2. The highest BCUT2D eigenvalue weighted by molar-refractivity contribution is 7.88. The monoisotopic (exact) mass is 576 g/mol. The number of benzene rings is 1. The molecule has 15 nitrogen and oxygen atoms in total. The summed E-state index contributed by atoms with van der Waals surface area (Å²) in [6.45, 7) is 1.83. The molecule has 0 unspecified atom stereocenters. The van der Waals surface area contributed by atoms with Crippen molar-refractivity contribution < 1.29 is 22.8 Å². The second kappa shape index (κ2) is 15.5. The molecule has 0 fully saturated rings. The maximum absolute atomic E-state index is 13.3. The predicted octanol–water partition coefficient (Wildman–Crippen LogP) is -0.340. The quantitative estimate of drug-likeness (QED) is 0.0714. The zero-order valence-corrected chi connectivity index (χ0v) is 23.4. The minimum atomic E-state index is -4.04. The fourth-order valence-corrected chi connectivity index (χ4v) is 5.11. The number of nitrogen functional groups attached to an aromatic ring is 1. The van der Waals surface area contributed by atoms with Crippen LogP contribution in [0.15, 0.2) is 44.5 Å². The number of amidine groups is 3. The Morgan fingerprint density at radius 2 is 2.02 bits per heavy atom. The summed E-state index contributed by atoms with van der Waals surface area (Å²) >= 11 is 0. The van der Waals surface area contributed by atoms with Gasteiger partial charge in [-0.3, -0.25) is 20.0 Å². The molecule has 16 heteroatoms. The molecule has 0 spiro atoms. The fraction of sp³-hybridized carbons (Fsp3) is 0.500. The maximum Gasteiger partial charge on any atom is 0.240 e. The van der Waals surface area contributed by atoms with E-state index in [1.165, 1.54) is 13.1 Å². The van der Waals surface area contributed by atoms with E-state index in [2.05, 4.69) is 30.3 Å². The van der Waals surface area contributed by atoms with Gasteiger partial charge in [0.05, 0.1) is 24.2 Å². The van der Waals surface area contributed by atoms with E-state index < -0.39 is 46.2 Å². The lowest BCUT2D eigenvalue weighted by atomic mass is 10.1. The van der Waals surface area contributed by atoms with Crippen LogP contribution >= 0.6 is 0 Å². The van der Waals surface area contributed by atoms with Crippen LogP contribution in [-0.4, -0.2) is 87.8 Å². The number of likely N-dealkylation sites (N-methyl/N-ethyl adjacent to an activating group) is 1. The Labute approximate surface area is 233 Å². The third-order valence-electron chi connectivity index (χ3n) is 5.68. The maximum atomic E-state index is 13.3. The van der Waals surface area contributed by atoms with Crippen LogP contribution in [0.25, 0.3) is 0 Å². The average Bonchev–Trinajstić information content (AvgIpc) is 3.41. The van der Waals surface area contributed by atoms with Crippen molar-refractivity contribution >= 4 is 45.6 Å². The minimum absolute atomic E-state index is 0.0212. The van der Waals surface area contributed by atoms with Crippen LogP contribution in [0.4, 0.5) is 0 Å². The van der Waals surface area contributed by atoms with Gasteiger partial charge in [-0.05, 0) is 37.8 Å². The molecule has 1 aromatic carbocycles. The van der Waals surface area contributed by atoms with E-state index in [1.807, 2.05) is 0 Å². The predicted molar refractivity (Wildman–Crippen MR) is 150 cm³/mol. The second-order valence-electron chi connectivity index (χ2n) is 9.21. The number of nitrogens with one attached hydrogen (secondary N) is 3. The highest BCUT2D eigenvalue weighted by Gasteiger charge is 2.29. The normalized spacial score (nSPS) is 14.8. The lowest BCUT2D eigenvalue weighted by Gasteiger charge is -2.24. The molecule has 2 amide bonds. The summed E-state index contributed by atoms with van der Waals surface area (Å²) in [5, 5.41) is 17.7. The number of nitrogens with two attached hydrogens (primary N) is 2. The van der Waals surface area contributed by atoms with E-state index in [0.717, 1.165) is 4.90 Å². The van der Waals surface area contributed by atoms with Gasteiger partial charge in [-0.25, -0.2) is 18.1 Å². The number of hydrogen-bond donors (Lipinski definition) is 5.